The standard InChI is InChI=1S/C22H21N3O6S/c1-28-15-7-8-16(29-2)20-19(15)17(30-3)9-12(21(20)31-4)11-23-22-24-14-6-5-13(25(26)27)10-18(14)32-22/h5-10H,11H2,1-4H3,(H,23,24). The number of thiazole rings is 1. The van der Waals surface area contributed by atoms with E-state index in [1.165, 1.54) is 23.5 Å². The largest absolute Gasteiger partial charge is 0.496 e. The Morgan fingerprint density at radius 3 is 2.25 bits per heavy atom. The molecule has 0 radical (unpaired) electrons. The number of fused-ring (bicyclic) bond motifs is 2. The van der Waals surface area contributed by atoms with Crippen LogP contribution in [0.1, 0.15) is 5.56 Å². The molecule has 0 atom stereocenters. The number of hydrogen-bond donors (Lipinski definition) is 1. The fourth-order valence-electron chi connectivity index (χ4n) is 3.63. The lowest BCUT2D eigenvalue weighted by molar-refractivity contribution is -0.384. The van der Waals surface area contributed by atoms with Gasteiger partial charge in [0.25, 0.3) is 5.69 Å². The number of methoxy groups -OCH3 is 4. The average Bonchev–Trinajstić information content (AvgIpc) is 3.23. The number of benzene rings is 3. The minimum Gasteiger partial charge on any atom is -0.496 e. The first-order chi connectivity index (χ1) is 15.5. The monoisotopic (exact) mass is 455 g/mol. The fraction of sp³-hybridized carbons (Fsp3) is 0.227. The Bertz CT molecular complexity index is 1320. The minimum absolute atomic E-state index is 0.0367. The molecule has 0 aliphatic carbocycles. The third-order valence-electron chi connectivity index (χ3n) is 5.08. The molecule has 3 aromatic carbocycles. The van der Waals surface area contributed by atoms with Crippen molar-refractivity contribution in [2.75, 3.05) is 33.8 Å². The van der Waals surface area contributed by atoms with Crippen molar-refractivity contribution in [3.05, 3.63) is 52.1 Å². The maximum absolute atomic E-state index is 11.0. The lowest BCUT2D eigenvalue weighted by Gasteiger charge is -2.19. The summed E-state index contributed by atoms with van der Waals surface area (Å²) in [7, 11) is 6.39. The van der Waals surface area contributed by atoms with Gasteiger partial charge in [-0.2, -0.15) is 0 Å². The summed E-state index contributed by atoms with van der Waals surface area (Å²) in [5.74, 6) is 2.52. The van der Waals surface area contributed by atoms with Gasteiger partial charge in [0, 0.05) is 24.2 Å². The van der Waals surface area contributed by atoms with Crippen molar-refractivity contribution in [2.24, 2.45) is 0 Å². The molecule has 4 aromatic rings. The van der Waals surface area contributed by atoms with E-state index in [1.54, 1.807) is 34.5 Å². The second-order valence-electron chi connectivity index (χ2n) is 6.77. The quantitative estimate of drug-likeness (QED) is 0.292. The molecule has 0 aliphatic rings. The molecular weight excluding hydrogens is 434 g/mol. The number of anilines is 1. The number of nitrogens with zero attached hydrogens (tertiary/aromatic N) is 2. The second-order valence-corrected chi connectivity index (χ2v) is 7.80. The van der Waals surface area contributed by atoms with Crippen LogP contribution in [-0.4, -0.2) is 38.3 Å². The van der Waals surface area contributed by atoms with E-state index in [9.17, 15) is 10.1 Å². The van der Waals surface area contributed by atoms with Crippen LogP contribution >= 0.6 is 11.3 Å². The Morgan fingerprint density at radius 2 is 1.62 bits per heavy atom. The predicted octanol–water partition coefficient (Wildman–Crippen LogP) is 5.00. The van der Waals surface area contributed by atoms with Crippen molar-refractivity contribution in [2.45, 2.75) is 6.54 Å². The number of ether oxygens (including phenoxy) is 4. The normalized spacial score (nSPS) is 10.9. The van der Waals surface area contributed by atoms with Crippen LogP contribution in [0.4, 0.5) is 10.8 Å². The molecule has 0 fully saturated rings. The van der Waals surface area contributed by atoms with E-state index in [0.717, 1.165) is 21.0 Å². The van der Waals surface area contributed by atoms with Gasteiger partial charge in [-0.15, -0.1) is 0 Å². The van der Waals surface area contributed by atoms with Crippen molar-refractivity contribution in [3.63, 3.8) is 0 Å². The molecular formula is C22H21N3O6S. The van der Waals surface area contributed by atoms with Gasteiger partial charge in [-0.05, 0) is 24.3 Å². The van der Waals surface area contributed by atoms with Gasteiger partial charge in [-0.1, -0.05) is 11.3 Å². The van der Waals surface area contributed by atoms with Gasteiger partial charge in [0.1, 0.15) is 23.0 Å². The minimum atomic E-state index is -0.417. The van der Waals surface area contributed by atoms with Crippen molar-refractivity contribution < 1.29 is 23.9 Å². The van der Waals surface area contributed by atoms with Crippen LogP contribution in [0.5, 0.6) is 23.0 Å². The van der Waals surface area contributed by atoms with Crippen LogP contribution in [0, 0.1) is 10.1 Å². The number of nitro benzene ring substituents is 1. The maximum Gasteiger partial charge on any atom is 0.270 e. The summed E-state index contributed by atoms with van der Waals surface area (Å²) >= 11 is 1.35. The molecule has 32 heavy (non-hydrogen) atoms. The van der Waals surface area contributed by atoms with E-state index in [2.05, 4.69) is 10.3 Å². The Morgan fingerprint density at radius 1 is 0.938 bits per heavy atom. The zero-order valence-corrected chi connectivity index (χ0v) is 18.7. The Balaban J connectivity index is 1.76. The average molecular weight is 455 g/mol. The zero-order chi connectivity index (χ0) is 22.8. The van der Waals surface area contributed by atoms with Crippen molar-refractivity contribution in [3.8, 4) is 23.0 Å². The molecule has 0 saturated carbocycles. The highest BCUT2D eigenvalue weighted by Gasteiger charge is 2.21. The first kappa shape index (κ1) is 21.4. The Labute approximate surface area is 187 Å². The van der Waals surface area contributed by atoms with Crippen LogP contribution in [0.3, 0.4) is 0 Å². The summed E-state index contributed by atoms with van der Waals surface area (Å²) in [6.07, 6.45) is 0. The summed E-state index contributed by atoms with van der Waals surface area (Å²) in [6.45, 7) is 0.387. The molecule has 1 aromatic heterocycles. The second kappa shape index (κ2) is 8.75. The smallest absolute Gasteiger partial charge is 0.270 e. The molecule has 0 unspecified atom stereocenters. The molecule has 1 N–H and O–H groups in total. The maximum atomic E-state index is 11.0. The number of nitrogens with one attached hydrogen (secondary N) is 1. The third-order valence-corrected chi connectivity index (χ3v) is 6.05. The SMILES string of the molecule is COc1ccc(OC)c2c(OC)c(CNc3nc4ccc([N+](=O)[O-])cc4s3)cc(OC)c12. The number of aromatic nitrogens is 1. The summed E-state index contributed by atoms with van der Waals surface area (Å²) in [4.78, 5) is 15.1. The van der Waals surface area contributed by atoms with Gasteiger partial charge in [0.05, 0.1) is 54.4 Å². The van der Waals surface area contributed by atoms with E-state index in [-0.39, 0.29) is 5.69 Å². The van der Waals surface area contributed by atoms with E-state index in [1.807, 2.05) is 18.2 Å². The van der Waals surface area contributed by atoms with Crippen LogP contribution in [0.2, 0.25) is 0 Å². The molecule has 0 spiro atoms. The zero-order valence-electron chi connectivity index (χ0n) is 17.9. The molecule has 1 heterocycles. The highest BCUT2D eigenvalue weighted by molar-refractivity contribution is 7.22. The van der Waals surface area contributed by atoms with Crippen molar-refractivity contribution in [1.82, 2.24) is 4.98 Å². The fourth-order valence-corrected chi connectivity index (χ4v) is 4.52. The summed E-state index contributed by atoms with van der Waals surface area (Å²) < 4.78 is 23.3. The van der Waals surface area contributed by atoms with E-state index in [4.69, 9.17) is 18.9 Å². The third kappa shape index (κ3) is 3.69. The lowest BCUT2D eigenvalue weighted by atomic mass is 10.0. The summed E-state index contributed by atoms with van der Waals surface area (Å²) in [5.41, 5.74) is 1.56. The lowest BCUT2D eigenvalue weighted by Crippen LogP contribution is -2.04. The van der Waals surface area contributed by atoms with Crippen LogP contribution in [0.25, 0.3) is 21.0 Å². The highest BCUT2D eigenvalue weighted by Crippen LogP contribution is 2.46. The van der Waals surface area contributed by atoms with Gasteiger partial charge in [0.2, 0.25) is 0 Å². The van der Waals surface area contributed by atoms with Gasteiger partial charge in [0.15, 0.2) is 5.13 Å². The first-order valence-electron chi connectivity index (χ1n) is 9.58. The van der Waals surface area contributed by atoms with Gasteiger partial charge in [-0.25, -0.2) is 4.98 Å². The van der Waals surface area contributed by atoms with Crippen molar-refractivity contribution in [1.29, 1.82) is 0 Å². The molecule has 9 nitrogen and oxygen atoms in total. The first-order valence-corrected chi connectivity index (χ1v) is 10.4. The van der Waals surface area contributed by atoms with Crippen LogP contribution < -0.4 is 24.3 Å². The molecule has 0 aliphatic heterocycles. The number of nitro groups is 1. The predicted molar refractivity (Wildman–Crippen MR) is 124 cm³/mol. The molecule has 10 heteroatoms. The van der Waals surface area contributed by atoms with Gasteiger partial charge in [-0.3, -0.25) is 10.1 Å². The Hall–Kier alpha value is -3.79. The van der Waals surface area contributed by atoms with E-state index >= 15 is 0 Å². The molecule has 0 amide bonds. The molecule has 4 rings (SSSR count). The topological polar surface area (TPSA) is 105 Å². The molecule has 0 saturated heterocycles. The van der Waals surface area contributed by atoms with Crippen molar-refractivity contribution >= 4 is 43.1 Å². The van der Waals surface area contributed by atoms with Gasteiger partial charge < -0.3 is 24.3 Å². The van der Waals surface area contributed by atoms with Crippen LogP contribution in [-0.2, 0) is 6.54 Å². The Kier molecular flexibility index (Phi) is 5.87. The highest BCUT2D eigenvalue weighted by atomic mass is 32.1. The molecule has 0 bridgehead atoms. The number of rotatable bonds is 8. The summed E-state index contributed by atoms with van der Waals surface area (Å²) in [6, 6.07) is 10.1. The van der Waals surface area contributed by atoms with Gasteiger partial charge >= 0.3 is 0 Å². The summed E-state index contributed by atoms with van der Waals surface area (Å²) in [5, 5.41) is 16.4. The van der Waals surface area contributed by atoms with E-state index in [0.29, 0.717) is 40.2 Å². The number of non-ortho nitro benzene ring substituents is 1. The molecule has 166 valence electrons. The number of hydrogen-bond acceptors (Lipinski definition) is 9. The van der Waals surface area contributed by atoms with E-state index < -0.39 is 4.92 Å². The van der Waals surface area contributed by atoms with Crippen LogP contribution in [0.15, 0.2) is 36.4 Å².